The highest BCUT2D eigenvalue weighted by molar-refractivity contribution is 7.91. The van der Waals surface area contributed by atoms with Crippen molar-refractivity contribution < 1.29 is 17.6 Å². The van der Waals surface area contributed by atoms with Crippen LogP contribution in [0, 0.1) is 5.82 Å². The molecule has 0 saturated carbocycles. The lowest BCUT2D eigenvalue weighted by Crippen LogP contribution is -2.46. The largest absolute Gasteiger partial charge is 0.382 e. The lowest BCUT2D eigenvalue weighted by Gasteiger charge is -2.39. The second kappa shape index (κ2) is 9.87. The molecule has 2 unspecified atom stereocenters. The number of piperidine rings is 1. The standard InChI is InChI=1S/C29H28FN9O3S/c1-43(41,42)26-25(17-10-19-7-8-20(11-17)38(19)29(40)23-12-24(31)37-36-23)35-28-21(14-34-39(28)27(26)32)16-4-9-22(33-13-16)15-2-5-18(30)6-3-15/h2-6,9,12-14,17,19-20H,7-8,10-11,32H2,1H3,(H3,31,36,37). The number of nitrogen functional groups attached to an aromatic ring is 2. The van der Waals surface area contributed by atoms with Crippen LogP contribution in [0.5, 0.6) is 0 Å². The monoisotopic (exact) mass is 601 g/mol. The Labute approximate surface area is 245 Å². The minimum atomic E-state index is -3.78. The molecule has 0 radical (unpaired) electrons. The third-order valence-electron chi connectivity index (χ3n) is 8.43. The van der Waals surface area contributed by atoms with Crippen molar-refractivity contribution >= 4 is 33.0 Å². The van der Waals surface area contributed by atoms with E-state index in [0.29, 0.717) is 46.7 Å². The van der Waals surface area contributed by atoms with Crippen LogP contribution in [0.3, 0.4) is 0 Å². The zero-order valence-electron chi connectivity index (χ0n) is 23.1. The van der Waals surface area contributed by atoms with Crippen LogP contribution in [0.1, 0.15) is 47.8 Å². The SMILES string of the molecule is CS(=O)(=O)c1c(C2CC3CCC(C2)N3C(=O)c2cc(N)n[nH]2)nc2c(-c3ccc(-c4ccc(F)cc4)nc3)cnn2c1N. The number of amides is 1. The van der Waals surface area contributed by atoms with Gasteiger partial charge >= 0.3 is 0 Å². The van der Waals surface area contributed by atoms with Crippen molar-refractivity contribution in [2.45, 2.75) is 48.6 Å². The Kier molecular flexibility index (Phi) is 6.20. The zero-order chi connectivity index (χ0) is 30.0. The average Bonchev–Trinajstić information content (AvgIpc) is 3.68. The Hall–Kier alpha value is -4.85. The van der Waals surface area contributed by atoms with Gasteiger partial charge in [-0.3, -0.25) is 14.9 Å². The molecule has 0 aliphatic carbocycles. The van der Waals surface area contributed by atoms with Crippen LogP contribution in [-0.4, -0.2) is 67.3 Å². The molecule has 14 heteroatoms. The summed E-state index contributed by atoms with van der Waals surface area (Å²) < 4.78 is 40.9. The molecule has 5 aromatic rings. The van der Waals surface area contributed by atoms with E-state index in [1.165, 1.54) is 22.7 Å². The van der Waals surface area contributed by atoms with Crippen molar-refractivity contribution in [3.8, 4) is 22.4 Å². The first-order chi connectivity index (χ1) is 20.6. The van der Waals surface area contributed by atoms with Gasteiger partial charge in [0, 0.05) is 53.2 Å². The number of sulfone groups is 1. The number of pyridine rings is 1. The van der Waals surface area contributed by atoms with Crippen LogP contribution < -0.4 is 11.5 Å². The number of rotatable bonds is 5. The van der Waals surface area contributed by atoms with Crippen molar-refractivity contribution in [1.82, 2.24) is 34.7 Å². The number of fused-ring (bicyclic) bond motifs is 3. The normalized spacial score (nSPS) is 20.1. The minimum Gasteiger partial charge on any atom is -0.382 e. The molecule has 5 N–H and O–H groups in total. The first-order valence-electron chi connectivity index (χ1n) is 13.8. The van der Waals surface area contributed by atoms with Crippen LogP contribution in [-0.2, 0) is 9.84 Å². The van der Waals surface area contributed by atoms with Gasteiger partial charge in [-0.25, -0.2) is 17.8 Å². The molecule has 12 nitrogen and oxygen atoms in total. The summed E-state index contributed by atoms with van der Waals surface area (Å²) in [5.74, 6) is -0.507. The summed E-state index contributed by atoms with van der Waals surface area (Å²) in [6.07, 6.45) is 7.05. The van der Waals surface area contributed by atoms with Crippen LogP contribution in [0.25, 0.3) is 28.0 Å². The van der Waals surface area contributed by atoms with Gasteiger partial charge in [0.05, 0.1) is 17.6 Å². The highest BCUT2D eigenvalue weighted by Crippen LogP contribution is 2.45. The first-order valence-corrected chi connectivity index (χ1v) is 15.7. The topological polar surface area (TPSA) is 178 Å². The van der Waals surface area contributed by atoms with Gasteiger partial charge < -0.3 is 16.4 Å². The lowest BCUT2D eigenvalue weighted by molar-refractivity contribution is 0.0562. The predicted octanol–water partition coefficient (Wildman–Crippen LogP) is 3.44. The van der Waals surface area contributed by atoms with Crippen molar-refractivity contribution in [3.05, 3.63) is 72.1 Å². The Morgan fingerprint density at radius 3 is 2.33 bits per heavy atom. The lowest BCUT2D eigenvalue weighted by atomic mass is 9.87. The maximum atomic E-state index is 13.4. The molecule has 2 saturated heterocycles. The first kappa shape index (κ1) is 27.0. The van der Waals surface area contributed by atoms with E-state index in [9.17, 15) is 17.6 Å². The molecular weight excluding hydrogens is 573 g/mol. The van der Waals surface area contributed by atoms with E-state index < -0.39 is 9.84 Å². The molecule has 2 aliphatic rings. The Bertz CT molecular complexity index is 1970. The fourth-order valence-corrected chi connectivity index (χ4v) is 7.60. The molecule has 220 valence electrons. The molecule has 6 heterocycles. The number of hydrogen-bond donors (Lipinski definition) is 3. The predicted molar refractivity (Wildman–Crippen MR) is 157 cm³/mol. The van der Waals surface area contributed by atoms with Gasteiger partial charge in [-0.15, -0.1) is 0 Å². The van der Waals surface area contributed by atoms with Crippen LogP contribution in [0.2, 0.25) is 0 Å². The number of carbonyl (C=O) groups is 1. The summed E-state index contributed by atoms with van der Waals surface area (Å²) in [7, 11) is -3.78. The van der Waals surface area contributed by atoms with E-state index in [4.69, 9.17) is 16.5 Å². The molecule has 7 rings (SSSR count). The van der Waals surface area contributed by atoms with Gasteiger partial charge in [-0.05, 0) is 56.0 Å². The highest BCUT2D eigenvalue weighted by Gasteiger charge is 2.46. The smallest absolute Gasteiger partial charge is 0.272 e. The summed E-state index contributed by atoms with van der Waals surface area (Å²) in [5.41, 5.74) is 16.1. The molecule has 0 spiro atoms. The summed E-state index contributed by atoms with van der Waals surface area (Å²) in [6.45, 7) is 0. The number of nitrogens with zero attached hydrogens (tertiary/aromatic N) is 6. The third-order valence-corrected chi connectivity index (χ3v) is 9.59. The maximum Gasteiger partial charge on any atom is 0.272 e. The molecule has 1 amide bonds. The van der Waals surface area contributed by atoms with E-state index in [1.807, 2.05) is 17.0 Å². The zero-order valence-corrected chi connectivity index (χ0v) is 23.9. The number of hydrogen-bond acceptors (Lipinski definition) is 9. The summed E-state index contributed by atoms with van der Waals surface area (Å²) >= 11 is 0. The van der Waals surface area contributed by atoms with Crippen molar-refractivity contribution in [1.29, 1.82) is 0 Å². The fourth-order valence-electron chi connectivity index (χ4n) is 6.54. The number of halogens is 1. The van der Waals surface area contributed by atoms with Crippen molar-refractivity contribution in [3.63, 3.8) is 0 Å². The molecule has 2 aliphatic heterocycles. The van der Waals surface area contributed by atoms with Gasteiger partial charge in [0.2, 0.25) is 0 Å². The second-order valence-electron chi connectivity index (χ2n) is 11.2. The number of nitrogens with two attached hydrogens (primary N) is 2. The third kappa shape index (κ3) is 4.58. The molecule has 2 bridgehead atoms. The Balaban J connectivity index is 1.27. The number of anilines is 2. The second-order valence-corrected chi connectivity index (χ2v) is 13.1. The molecule has 1 aromatic carbocycles. The van der Waals surface area contributed by atoms with Crippen LogP contribution in [0.4, 0.5) is 16.0 Å². The van der Waals surface area contributed by atoms with Gasteiger partial charge in [-0.2, -0.15) is 14.7 Å². The number of benzene rings is 1. The molecule has 4 aromatic heterocycles. The maximum absolute atomic E-state index is 13.4. The summed E-state index contributed by atoms with van der Waals surface area (Å²) in [6, 6.07) is 11.1. The van der Waals surface area contributed by atoms with E-state index in [0.717, 1.165) is 24.7 Å². The van der Waals surface area contributed by atoms with Gasteiger partial charge in [0.15, 0.2) is 15.5 Å². The number of H-pyrrole nitrogens is 1. The van der Waals surface area contributed by atoms with Crippen molar-refractivity contribution in [2.75, 3.05) is 17.7 Å². The van der Waals surface area contributed by atoms with E-state index >= 15 is 0 Å². The van der Waals surface area contributed by atoms with Gasteiger partial charge in [0.25, 0.3) is 5.91 Å². The summed E-state index contributed by atoms with van der Waals surface area (Å²) in [5, 5.41) is 11.0. The quantitative estimate of drug-likeness (QED) is 0.272. The van der Waals surface area contributed by atoms with E-state index in [2.05, 4.69) is 20.3 Å². The number of aromatic nitrogens is 6. The molecule has 2 atom stereocenters. The summed E-state index contributed by atoms with van der Waals surface area (Å²) in [4.78, 5) is 24.6. The average molecular weight is 602 g/mol. The Morgan fingerprint density at radius 2 is 1.72 bits per heavy atom. The van der Waals surface area contributed by atoms with Gasteiger partial charge in [-0.1, -0.05) is 6.07 Å². The number of aromatic amines is 1. The van der Waals surface area contributed by atoms with Crippen LogP contribution in [0.15, 0.2) is 59.8 Å². The van der Waals surface area contributed by atoms with Gasteiger partial charge in [0.1, 0.15) is 28.0 Å². The number of nitrogens with one attached hydrogen (secondary N) is 1. The highest BCUT2D eigenvalue weighted by atomic mass is 32.2. The van der Waals surface area contributed by atoms with Crippen LogP contribution >= 0.6 is 0 Å². The molecule has 43 heavy (non-hydrogen) atoms. The fraction of sp³-hybridized carbons (Fsp3) is 0.276. The minimum absolute atomic E-state index is 0.0107. The van der Waals surface area contributed by atoms with Crippen molar-refractivity contribution in [2.24, 2.45) is 0 Å². The number of carbonyl (C=O) groups excluding carboxylic acids is 1. The molecular formula is C29H28FN9O3S. The van der Waals surface area contributed by atoms with E-state index in [1.54, 1.807) is 24.5 Å². The van der Waals surface area contributed by atoms with E-state index in [-0.39, 0.29) is 46.3 Å². The Morgan fingerprint density at radius 1 is 1.02 bits per heavy atom. The molecule has 2 fully saturated rings.